The topological polar surface area (TPSA) is 37.1 Å². The van der Waals surface area contributed by atoms with E-state index >= 15 is 0 Å². The standard InChI is InChI=1S/C31H52NO2/c1-21(2)8-7-9-22(3)27-12-13-28-26-11-10-25-18-24(23(4)19-32(34)20-33)14-16-30(25,5)29(26)15-17-31(27,28)6/h10,20-24,26-29H,7-9,11-19H2,1-6H3/q+1/t22-,23?,24?,26?,27-,28?,29?,30+,31-/m1/s1. The van der Waals surface area contributed by atoms with Crippen LogP contribution in [0.2, 0.25) is 0 Å². The number of carbonyl (C=O) groups is 1. The molecule has 0 radical (unpaired) electrons. The zero-order valence-corrected chi connectivity index (χ0v) is 23.0. The van der Waals surface area contributed by atoms with Crippen LogP contribution in [0.4, 0.5) is 0 Å². The first kappa shape index (κ1) is 26.1. The molecule has 4 aliphatic rings. The van der Waals surface area contributed by atoms with Gasteiger partial charge in [0.15, 0.2) is 0 Å². The van der Waals surface area contributed by atoms with Crippen molar-refractivity contribution >= 4 is 6.41 Å². The Kier molecular flexibility index (Phi) is 7.80. The highest BCUT2D eigenvalue weighted by atomic mass is 16.3. The van der Waals surface area contributed by atoms with E-state index in [1.165, 1.54) is 64.2 Å². The van der Waals surface area contributed by atoms with Crippen LogP contribution < -0.4 is 0 Å². The smallest absolute Gasteiger partial charge is 0.218 e. The van der Waals surface area contributed by atoms with Gasteiger partial charge in [-0.05, 0) is 104 Å². The van der Waals surface area contributed by atoms with Crippen molar-refractivity contribution in [2.45, 2.75) is 112 Å². The number of nitrogens with zero attached hydrogens (tertiary/aromatic N) is 1. The maximum absolute atomic E-state index is 11.6. The SMILES string of the molecule is CC(C)CCC[C@@H](C)[C@H]1CCC2C3CC=C4CC(C(C)C[N+](=O)C=O)CC[C@]4(C)C3CC[C@@]21C. The molecule has 4 rings (SSSR count). The molecule has 3 saturated carbocycles. The minimum Gasteiger partial charge on any atom is -0.218 e. The normalized spacial score (nSPS) is 41.1. The average molecular weight is 471 g/mol. The average Bonchev–Trinajstić information content (AvgIpc) is 3.15. The van der Waals surface area contributed by atoms with Crippen molar-refractivity contribution in [2.75, 3.05) is 6.54 Å². The Morgan fingerprint density at radius 2 is 1.76 bits per heavy atom. The van der Waals surface area contributed by atoms with E-state index in [9.17, 15) is 9.70 Å². The molecule has 3 heteroatoms. The highest BCUT2D eigenvalue weighted by Crippen LogP contribution is 2.67. The van der Waals surface area contributed by atoms with Gasteiger partial charge in [0, 0.05) is 10.8 Å². The summed E-state index contributed by atoms with van der Waals surface area (Å²) in [6, 6.07) is 0. The Balaban J connectivity index is 1.45. The lowest BCUT2D eigenvalue weighted by Gasteiger charge is -2.59. The molecule has 1 amide bonds. The molecule has 0 aromatic carbocycles. The largest absolute Gasteiger partial charge is 0.421 e. The van der Waals surface area contributed by atoms with Gasteiger partial charge in [0.05, 0.1) is 4.76 Å². The lowest BCUT2D eigenvalue weighted by Crippen LogP contribution is -2.50. The molecule has 0 spiro atoms. The second-order valence-corrected chi connectivity index (χ2v) is 14.0. The molecule has 0 bridgehead atoms. The fraction of sp³-hybridized carbons (Fsp3) is 0.903. The van der Waals surface area contributed by atoms with E-state index in [-0.39, 0.29) is 5.92 Å². The van der Waals surface area contributed by atoms with Crippen LogP contribution in [0.15, 0.2) is 11.6 Å². The van der Waals surface area contributed by atoms with Gasteiger partial charge in [-0.1, -0.05) is 72.5 Å². The van der Waals surface area contributed by atoms with Gasteiger partial charge in [0.25, 0.3) is 0 Å². The van der Waals surface area contributed by atoms with Crippen LogP contribution in [0.1, 0.15) is 112 Å². The summed E-state index contributed by atoms with van der Waals surface area (Å²) in [4.78, 5) is 22.5. The third kappa shape index (κ3) is 4.71. The number of fused-ring (bicyclic) bond motifs is 5. The number of nitroso groups, excluding NO2 is 1. The van der Waals surface area contributed by atoms with Crippen molar-refractivity contribution in [3.05, 3.63) is 16.6 Å². The predicted octanol–water partition coefficient (Wildman–Crippen LogP) is 8.22. The second kappa shape index (κ2) is 10.2. The fourth-order valence-electron chi connectivity index (χ4n) is 9.68. The number of allylic oxidation sites excluding steroid dienone is 2. The summed E-state index contributed by atoms with van der Waals surface area (Å²) in [6.45, 7) is 15.1. The molecular weight excluding hydrogens is 418 g/mol. The van der Waals surface area contributed by atoms with Crippen LogP contribution in [0, 0.1) is 63.1 Å². The van der Waals surface area contributed by atoms with Crippen LogP contribution in [-0.2, 0) is 4.79 Å². The summed E-state index contributed by atoms with van der Waals surface area (Å²) in [7, 11) is 0. The first-order valence-corrected chi connectivity index (χ1v) is 14.7. The van der Waals surface area contributed by atoms with Crippen LogP contribution in [0.25, 0.3) is 0 Å². The molecule has 3 nitrogen and oxygen atoms in total. The highest BCUT2D eigenvalue weighted by Gasteiger charge is 2.59. The van der Waals surface area contributed by atoms with Crippen molar-refractivity contribution in [1.29, 1.82) is 0 Å². The molecule has 4 aliphatic carbocycles. The molecule has 34 heavy (non-hydrogen) atoms. The molecule has 0 aromatic heterocycles. The molecule has 5 unspecified atom stereocenters. The Bertz CT molecular complexity index is 786. The molecule has 9 atom stereocenters. The zero-order chi connectivity index (χ0) is 24.7. The molecule has 0 N–H and O–H groups in total. The minimum absolute atomic E-state index is 0.285. The Labute approximate surface area is 209 Å². The zero-order valence-electron chi connectivity index (χ0n) is 23.0. The van der Waals surface area contributed by atoms with Crippen LogP contribution >= 0.6 is 0 Å². The summed E-state index contributed by atoms with van der Waals surface area (Å²) in [6.07, 6.45) is 18.0. The highest BCUT2D eigenvalue weighted by molar-refractivity contribution is 5.33. The van der Waals surface area contributed by atoms with Crippen molar-refractivity contribution in [3.8, 4) is 0 Å². The van der Waals surface area contributed by atoms with E-state index in [0.717, 1.165) is 41.9 Å². The van der Waals surface area contributed by atoms with Crippen molar-refractivity contribution in [1.82, 2.24) is 0 Å². The van der Waals surface area contributed by atoms with E-state index in [0.29, 0.717) is 34.5 Å². The minimum atomic E-state index is 0.285. The van der Waals surface area contributed by atoms with E-state index in [4.69, 9.17) is 0 Å². The van der Waals surface area contributed by atoms with Gasteiger partial charge in [-0.2, -0.15) is 0 Å². The lowest BCUT2D eigenvalue weighted by atomic mass is 9.46. The third-order valence-electron chi connectivity index (χ3n) is 11.7. The maximum atomic E-state index is 11.6. The van der Waals surface area contributed by atoms with Gasteiger partial charge in [-0.25, -0.2) is 4.79 Å². The number of hydrogen-bond donors (Lipinski definition) is 0. The molecule has 3 fully saturated rings. The molecular formula is C31H52NO2+. The Morgan fingerprint density at radius 3 is 2.47 bits per heavy atom. The Hall–Kier alpha value is -0.990. The monoisotopic (exact) mass is 470 g/mol. The lowest BCUT2D eigenvalue weighted by molar-refractivity contribution is -0.463. The molecule has 0 heterocycles. The van der Waals surface area contributed by atoms with Crippen LogP contribution in [0.5, 0.6) is 0 Å². The van der Waals surface area contributed by atoms with Gasteiger partial charge in [-0.3, -0.25) is 0 Å². The number of rotatable bonds is 9. The second-order valence-electron chi connectivity index (χ2n) is 14.0. The van der Waals surface area contributed by atoms with E-state index in [1.54, 1.807) is 5.57 Å². The van der Waals surface area contributed by atoms with Gasteiger partial charge in [0.1, 0.15) is 0 Å². The molecule has 0 saturated heterocycles. The number of hydrogen-bond acceptors (Lipinski definition) is 2. The predicted molar refractivity (Wildman–Crippen MR) is 140 cm³/mol. The molecule has 0 aliphatic heterocycles. The quantitative estimate of drug-likeness (QED) is 0.193. The summed E-state index contributed by atoms with van der Waals surface area (Å²) in [5.74, 6) is 6.10. The van der Waals surface area contributed by atoms with Gasteiger partial charge in [0.2, 0.25) is 6.54 Å². The molecule has 0 aromatic rings. The first-order valence-electron chi connectivity index (χ1n) is 14.7. The van der Waals surface area contributed by atoms with E-state index in [1.807, 2.05) is 0 Å². The summed E-state index contributed by atoms with van der Waals surface area (Å²) < 4.78 is 0.589. The van der Waals surface area contributed by atoms with Crippen molar-refractivity contribution in [3.63, 3.8) is 0 Å². The van der Waals surface area contributed by atoms with Crippen LogP contribution in [-0.4, -0.2) is 17.7 Å². The third-order valence-corrected chi connectivity index (χ3v) is 11.7. The van der Waals surface area contributed by atoms with E-state index in [2.05, 4.69) is 47.6 Å². The Morgan fingerprint density at radius 1 is 1.00 bits per heavy atom. The summed E-state index contributed by atoms with van der Waals surface area (Å²) in [5, 5.41) is 0. The fourth-order valence-corrected chi connectivity index (χ4v) is 9.68. The first-order chi connectivity index (χ1) is 16.1. The van der Waals surface area contributed by atoms with Gasteiger partial charge < -0.3 is 0 Å². The van der Waals surface area contributed by atoms with Crippen molar-refractivity contribution in [2.24, 2.45) is 58.2 Å². The van der Waals surface area contributed by atoms with E-state index < -0.39 is 0 Å². The number of amides is 1. The number of carbonyl (C=O) groups excluding carboxylic acids is 1. The molecule has 192 valence electrons. The summed E-state index contributed by atoms with van der Waals surface area (Å²) in [5.41, 5.74) is 2.61. The van der Waals surface area contributed by atoms with Crippen LogP contribution in [0.3, 0.4) is 0 Å². The maximum Gasteiger partial charge on any atom is 0.421 e. The summed E-state index contributed by atoms with van der Waals surface area (Å²) >= 11 is 0. The van der Waals surface area contributed by atoms with Crippen molar-refractivity contribution < 1.29 is 9.55 Å². The van der Waals surface area contributed by atoms with Gasteiger partial charge >= 0.3 is 6.41 Å². The van der Waals surface area contributed by atoms with Gasteiger partial charge in [-0.15, -0.1) is 0 Å².